The van der Waals surface area contributed by atoms with Crippen LogP contribution >= 0.6 is 11.6 Å². The minimum Gasteiger partial charge on any atom is -0.371 e. The molecule has 5 heterocycles. The average Bonchev–Trinajstić information content (AvgIpc) is 3.44. The van der Waals surface area contributed by atoms with E-state index >= 15 is 0 Å². The summed E-state index contributed by atoms with van der Waals surface area (Å²) >= 11 is 7.07. The summed E-state index contributed by atoms with van der Waals surface area (Å²) in [4.78, 5) is 25.3. The summed E-state index contributed by atoms with van der Waals surface area (Å²) in [7, 11) is 4.00. The number of aryl methyl sites for hydroxylation is 1. The maximum absolute atomic E-state index is 13.6. The van der Waals surface area contributed by atoms with Gasteiger partial charge in [-0.1, -0.05) is 11.6 Å². The number of halogens is 1. The van der Waals surface area contributed by atoms with Crippen molar-refractivity contribution < 1.29 is 9.53 Å². The van der Waals surface area contributed by atoms with Crippen LogP contribution in [0.15, 0.2) is 18.3 Å². The van der Waals surface area contributed by atoms with E-state index in [2.05, 4.69) is 32.2 Å². The molecule has 0 saturated carbocycles. The second kappa shape index (κ2) is 13.5. The molecule has 11 heteroatoms. The number of carbonyl (C=O) groups is 1. The normalized spacial score (nSPS) is 21.1. The number of nitrogens with zero attached hydrogens (tertiary/aromatic N) is 7. The van der Waals surface area contributed by atoms with E-state index in [9.17, 15) is 10.1 Å². The highest BCUT2D eigenvalue weighted by molar-refractivity contribution is 6.35. The van der Waals surface area contributed by atoms with Gasteiger partial charge in [-0.3, -0.25) is 4.79 Å². The summed E-state index contributed by atoms with van der Waals surface area (Å²) in [6.45, 7) is 8.58. The number of ether oxygens (including phenoxy) is 1. The lowest BCUT2D eigenvalue weighted by Gasteiger charge is -2.38. The van der Waals surface area contributed by atoms with Crippen LogP contribution in [0, 0.1) is 24.2 Å². The maximum Gasteiger partial charge on any atom is 0.270 e. The third kappa shape index (κ3) is 6.62. The number of benzene rings is 1. The smallest absolute Gasteiger partial charge is 0.270 e. The van der Waals surface area contributed by atoms with Crippen molar-refractivity contribution in [1.82, 2.24) is 25.0 Å². The summed E-state index contributed by atoms with van der Waals surface area (Å²) in [5.74, 6) is 0.162. The lowest BCUT2D eigenvalue weighted by Crippen LogP contribution is -2.41. The number of piperidine rings is 1. The molecule has 0 aliphatic carbocycles. The number of carbonyl (C=O) groups excluding carboxylic acids is 1. The van der Waals surface area contributed by atoms with Crippen LogP contribution in [0.5, 0.6) is 0 Å². The van der Waals surface area contributed by atoms with E-state index in [-0.39, 0.29) is 18.2 Å². The monoisotopic (exact) mass is 632 g/mol. The van der Waals surface area contributed by atoms with Gasteiger partial charge in [0.1, 0.15) is 5.69 Å². The van der Waals surface area contributed by atoms with Gasteiger partial charge >= 0.3 is 0 Å². The van der Waals surface area contributed by atoms with Crippen LogP contribution in [0.1, 0.15) is 79.0 Å². The van der Waals surface area contributed by atoms with E-state index in [0.717, 1.165) is 110 Å². The molecule has 2 aromatic heterocycles. The van der Waals surface area contributed by atoms with Crippen LogP contribution in [-0.4, -0.2) is 78.5 Å². The molecular formula is C34H45ClN8O2. The molecule has 2 saturated heterocycles. The van der Waals surface area contributed by atoms with Crippen molar-refractivity contribution in [2.24, 2.45) is 5.92 Å². The highest BCUT2D eigenvalue weighted by Crippen LogP contribution is 2.42. The molecule has 2 fully saturated rings. The summed E-state index contributed by atoms with van der Waals surface area (Å²) in [5, 5.41) is 19.1. The summed E-state index contributed by atoms with van der Waals surface area (Å²) in [5.41, 5.74) is 6.59. The molecule has 1 unspecified atom stereocenters. The Hall–Kier alpha value is -3.39. The first-order chi connectivity index (χ1) is 21.7. The molecule has 0 radical (unpaired) electrons. The van der Waals surface area contributed by atoms with Crippen molar-refractivity contribution in [2.75, 3.05) is 56.7 Å². The predicted molar refractivity (Wildman–Crippen MR) is 178 cm³/mol. The highest BCUT2D eigenvalue weighted by atomic mass is 35.5. The van der Waals surface area contributed by atoms with E-state index in [4.69, 9.17) is 26.4 Å². The van der Waals surface area contributed by atoms with Crippen molar-refractivity contribution in [3.63, 3.8) is 0 Å². The predicted octanol–water partition coefficient (Wildman–Crippen LogP) is 5.46. The van der Waals surface area contributed by atoms with E-state index < -0.39 is 0 Å². The Bertz CT molecular complexity index is 1590. The van der Waals surface area contributed by atoms with E-state index in [1.165, 1.54) is 5.56 Å². The topological polar surface area (TPSA) is 103 Å². The van der Waals surface area contributed by atoms with E-state index in [1.807, 2.05) is 44.9 Å². The number of nitriles is 1. The molecule has 6 rings (SSSR count). The molecule has 3 atom stereocenters. The summed E-state index contributed by atoms with van der Waals surface area (Å²) in [6.07, 6.45) is 8.42. The Kier molecular flexibility index (Phi) is 9.50. The van der Waals surface area contributed by atoms with Crippen molar-refractivity contribution in [3.05, 3.63) is 45.9 Å². The largest absolute Gasteiger partial charge is 0.371 e. The highest BCUT2D eigenvalue weighted by Gasteiger charge is 2.31. The minimum absolute atomic E-state index is 0.0238. The number of fused-ring (bicyclic) bond motifs is 2. The second-order valence-corrected chi connectivity index (χ2v) is 13.7. The van der Waals surface area contributed by atoms with Gasteiger partial charge in [-0.05, 0) is 90.1 Å². The first-order valence-electron chi connectivity index (χ1n) is 16.4. The van der Waals surface area contributed by atoms with Gasteiger partial charge in [0.15, 0.2) is 6.23 Å². The van der Waals surface area contributed by atoms with Gasteiger partial charge in [-0.25, -0.2) is 9.67 Å². The molecule has 0 spiro atoms. The van der Waals surface area contributed by atoms with Crippen LogP contribution in [0.2, 0.25) is 5.02 Å². The first-order valence-corrected chi connectivity index (χ1v) is 16.7. The van der Waals surface area contributed by atoms with E-state index in [0.29, 0.717) is 24.6 Å². The molecule has 0 bridgehead atoms. The number of nitrogens with one attached hydrogen (secondary N) is 1. The molecule has 3 aliphatic rings. The van der Waals surface area contributed by atoms with Gasteiger partial charge in [-0.2, -0.15) is 10.4 Å². The third-order valence-electron chi connectivity index (χ3n) is 9.39. The standard InChI is InChI=1S/C34H45ClN8O2/c1-22-16-30-26(18-37-43(30)31-9-5-6-15-45-31)33(32(22)35)42-14-11-25-28(21-42)39-27(34(44)38-23(2)19-40(3)4)17-29(25)41-13-7-8-24(20-41)10-12-36/h16-18,23-24,31H,5-11,13-15,19-21H2,1-4H3,(H,38,44)/t23-,24+,31?/m1/s1. The fourth-order valence-corrected chi connectivity index (χ4v) is 7.58. The molecule has 10 nitrogen and oxygen atoms in total. The Balaban J connectivity index is 1.37. The van der Waals surface area contributed by atoms with Gasteiger partial charge in [0.05, 0.1) is 40.7 Å². The number of hydrogen-bond acceptors (Lipinski definition) is 8. The minimum atomic E-state index is -0.166. The number of rotatable bonds is 8. The zero-order valence-electron chi connectivity index (χ0n) is 27.0. The van der Waals surface area contributed by atoms with Gasteiger partial charge in [-0.15, -0.1) is 0 Å². The molecule has 45 heavy (non-hydrogen) atoms. The van der Waals surface area contributed by atoms with Crippen LogP contribution < -0.4 is 15.1 Å². The Morgan fingerprint density at radius 2 is 2.07 bits per heavy atom. The molecule has 1 amide bonds. The number of amides is 1. The van der Waals surface area contributed by atoms with Crippen LogP contribution in [0.4, 0.5) is 11.4 Å². The Morgan fingerprint density at radius 1 is 1.22 bits per heavy atom. The number of likely N-dealkylation sites (N-methyl/N-ethyl adjacent to an activating group) is 1. The quantitative estimate of drug-likeness (QED) is 0.349. The summed E-state index contributed by atoms with van der Waals surface area (Å²) < 4.78 is 8.11. The van der Waals surface area contributed by atoms with Crippen LogP contribution in [0.25, 0.3) is 10.9 Å². The zero-order valence-corrected chi connectivity index (χ0v) is 27.7. The van der Waals surface area contributed by atoms with Crippen molar-refractivity contribution in [3.8, 4) is 6.07 Å². The van der Waals surface area contributed by atoms with Crippen LogP contribution in [0.3, 0.4) is 0 Å². The van der Waals surface area contributed by atoms with Gasteiger partial charge < -0.3 is 24.8 Å². The Labute approximate surface area is 271 Å². The zero-order chi connectivity index (χ0) is 31.7. The first kappa shape index (κ1) is 31.6. The molecule has 240 valence electrons. The SMILES string of the molecule is Cc1cc2c(cnn2C2CCCCO2)c(N2CCc3c(N4CCC[C@@H](CC#N)C4)cc(C(=O)N[C@H](C)CN(C)C)nc3C2)c1Cl. The third-order valence-corrected chi connectivity index (χ3v) is 9.87. The molecule has 1 aromatic carbocycles. The van der Waals surface area contributed by atoms with Crippen LogP contribution in [-0.2, 0) is 17.7 Å². The summed E-state index contributed by atoms with van der Waals surface area (Å²) in [6, 6.07) is 6.44. The lowest BCUT2D eigenvalue weighted by molar-refractivity contribution is -0.0366. The van der Waals surface area contributed by atoms with Gasteiger partial charge in [0, 0.05) is 61.9 Å². The average molecular weight is 633 g/mol. The van der Waals surface area contributed by atoms with Crippen molar-refractivity contribution >= 4 is 39.8 Å². The molecule has 3 aromatic rings. The van der Waals surface area contributed by atoms with E-state index in [1.54, 1.807) is 0 Å². The fraction of sp³-hybridized carbons (Fsp3) is 0.588. The molecule has 3 aliphatic heterocycles. The molecule has 1 N–H and O–H groups in total. The number of hydrogen-bond donors (Lipinski definition) is 1. The van der Waals surface area contributed by atoms with Crippen molar-refractivity contribution in [1.29, 1.82) is 5.26 Å². The number of pyridine rings is 1. The Morgan fingerprint density at radius 3 is 2.82 bits per heavy atom. The van der Waals surface area contributed by atoms with Crippen molar-refractivity contribution in [2.45, 2.75) is 77.6 Å². The lowest BCUT2D eigenvalue weighted by atomic mass is 9.93. The maximum atomic E-state index is 13.6. The number of anilines is 2. The number of aromatic nitrogens is 3. The second-order valence-electron chi connectivity index (χ2n) is 13.3. The fourth-order valence-electron chi connectivity index (χ4n) is 7.31. The van der Waals surface area contributed by atoms with Gasteiger partial charge in [0.2, 0.25) is 0 Å². The molecular weight excluding hydrogens is 588 g/mol. The van der Waals surface area contributed by atoms with Gasteiger partial charge in [0.25, 0.3) is 5.91 Å².